The standard InChI is InChI=1S/C17H30N2O5/c20-10-13-15(22)16(23)14(21)9-19(13)8-11-4-6-18(7-5-11)17(24)12-2-1-3-12/h11-16,20-23H,1-10H2/t13-,14-,15+,16+/m0/s1. The second kappa shape index (κ2) is 7.66. The number of carbonyl (C=O) groups is 1. The van der Waals surface area contributed by atoms with Gasteiger partial charge in [-0.25, -0.2) is 0 Å². The summed E-state index contributed by atoms with van der Waals surface area (Å²) in [4.78, 5) is 16.2. The first-order valence-electron chi connectivity index (χ1n) is 9.19. The zero-order valence-electron chi connectivity index (χ0n) is 14.1. The molecule has 7 heteroatoms. The van der Waals surface area contributed by atoms with Crippen LogP contribution in [0, 0.1) is 11.8 Å². The molecule has 1 amide bonds. The molecular weight excluding hydrogens is 312 g/mol. The molecule has 0 aromatic heterocycles. The van der Waals surface area contributed by atoms with E-state index in [0.717, 1.165) is 38.8 Å². The number of hydrogen-bond donors (Lipinski definition) is 4. The summed E-state index contributed by atoms with van der Waals surface area (Å²) >= 11 is 0. The van der Waals surface area contributed by atoms with E-state index in [-0.39, 0.29) is 19.1 Å². The minimum atomic E-state index is -1.21. The summed E-state index contributed by atoms with van der Waals surface area (Å²) in [6, 6.07) is -0.543. The van der Waals surface area contributed by atoms with Gasteiger partial charge in [-0.3, -0.25) is 9.69 Å². The molecule has 0 unspecified atom stereocenters. The van der Waals surface area contributed by atoms with Gasteiger partial charge in [-0.1, -0.05) is 6.42 Å². The maximum Gasteiger partial charge on any atom is 0.225 e. The number of aliphatic hydroxyl groups excluding tert-OH is 4. The Bertz CT molecular complexity index is 437. The van der Waals surface area contributed by atoms with Crippen LogP contribution in [-0.2, 0) is 4.79 Å². The number of β-amino-alcohol motifs (C(OH)–C–C–N with tert-alkyl or cyclic N) is 1. The Kier molecular flexibility index (Phi) is 5.77. The van der Waals surface area contributed by atoms with Gasteiger partial charge in [0.1, 0.15) is 12.2 Å². The van der Waals surface area contributed by atoms with Gasteiger partial charge in [0.15, 0.2) is 0 Å². The smallest absolute Gasteiger partial charge is 0.225 e. The number of hydrogen-bond acceptors (Lipinski definition) is 6. The first-order valence-corrected chi connectivity index (χ1v) is 9.19. The first-order chi connectivity index (χ1) is 11.5. The van der Waals surface area contributed by atoms with Crippen molar-refractivity contribution in [3.8, 4) is 0 Å². The highest BCUT2D eigenvalue weighted by Crippen LogP contribution is 2.30. The van der Waals surface area contributed by atoms with Gasteiger partial charge < -0.3 is 25.3 Å². The summed E-state index contributed by atoms with van der Waals surface area (Å²) in [5.41, 5.74) is 0. The average molecular weight is 342 g/mol. The van der Waals surface area contributed by atoms with E-state index in [0.29, 0.717) is 18.4 Å². The van der Waals surface area contributed by atoms with Gasteiger partial charge in [0.2, 0.25) is 5.91 Å². The predicted octanol–water partition coefficient (Wildman–Crippen LogP) is -1.22. The molecule has 0 aromatic rings. The molecule has 24 heavy (non-hydrogen) atoms. The Morgan fingerprint density at radius 1 is 1.00 bits per heavy atom. The summed E-state index contributed by atoms with van der Waals surface area (Å²) in [7, 11) is 0. The number of aliphatic hydroxyl groups is 4. The van der Waals surface area contributed by atoms with Gasteiger partial charge in [-0.15, -0.1) is 0 Å². The molecule has 3 fully saturated rings. The molecule has 0 radical (unpaired) electrons. The number of amides is 1. The third-order valence-corrected chi connectivity index (χ3v) is 6.09. The Balaban J connectivity index is 1.50. The van der Waals surface area contributed by atoms with Crippen molar-refractivity contribution in [3.05, 3.63) is 0 Å². The lowest BCUT2D eigenvalue weighted by Crippen LogP contribution is -2.63. The minimum absolute atomic E-state index is 0.245. The van der Waals surface area contributed by atoms with Crippen LogP contribution in [0.5, 0.6) is 0 Å². The molecule has 138 valence electrons. The van der Waals surface area contributed by atoms with Gasteiger partial charge in [0, 0.05) is 32.1 Å². The van der Waals surface area contributed by atoms with Crippen molar-refractivity contribution in [1.82, 2.24) is 9.80 Å². The summed E-state index contributed by atoms with van der Waals surface area (Å²) in [6.07, 6.45) is 1.69. The first kappa shape index (κ1) is 18.1. The number of likely N-dealkylation sites (tertiary alicyclic amines) is 2. The quantitative estimate of drug-likeness (QED) is 0.511. The van der Waals surface area contributed by atoms with Crippen LogP contribution >= 0.6 is 0 Å². The Morgan fingerprint density at radius 3 is 2.21 bits per heavy atom. The lowest BCUT2D eigenvalue weighted by molar-refractivity contribution is -0.149. The van der Waals surface area contributed by atoms with Crippen LogP contribution in [0.3, 0.4) is 0 Å². The second-order valence-electron chi connectivity index (χ2n) is 7.65. The third-order valence-electron chi connectivity index (χ3n) is 6.09. The molecule has 2 aliphatic heterocycles. The van der Waals surface area contributed by atoms with E-state index < -0.39 is 24.4 Å². The molecule has 0 spiro atoms. The maximum atomic E-state index is 12.3. The topological polar surface area (TPSA) is 104 Å². The molecule has 2 saturated heterocycles. The molecule has 1 aliphatic carbocycles. The van der Waals surface area contributed by atoms with Crippen LogP contribution < -0.4 is 0 Å². The largest absolute Gasteiger partial charge is 0.395 e. The van der Waals surface area contributed by atoms with E-state index >= 15 is 0 Å². The maximum absolute atomic E-state index is 12.3. The summed E-state index contributed by atoms with van der Waals surface area (Å²) in [5, 5.41) is 39.2. The highest BCUT2D eigenvalue weighted by molar-refractivity contribution is 5.79. The lowest BCUT2D eigenvalue weighted by Gasteiger charge is -2.45. The SMILES string of the molecule is O=C(C1CCC1)N1CCC(CN2C[C@H](O)[C@@H](O)[C@H](O)[C@@H]2CO)CC1. The molecular formula is C17H30N2O5. The van der Waals surface area contributed by atoms with Crippen LogP contribution in [0.15, 0.2) is 0 Å². The molecule has 2 heterocycles. The normalized spacial score (nSPS) is 36.6. The number of rotatable bonds is 4. The molecule has 0 aromatic carbocycles. The minimum Gasteiger partial charge on any atom is -0.395 e. The fraction of sp³-hybridized carbons (Fsp3) is 0.941. The van der Waals surface area contributed by atoms with Gasteiger partial charge >= 0.3 is 0 Å². The van der Waals surface area contributed by atoms with Gasteiger partial charge in [-0.05, 0) is 31.6 Å². The van der Waals surface area contributed by atoms with Gasteiger partial charge in [-0.2, -0.15) is 0 Å². The van der Waals surface area contributed by atoms with Crippen molar-refractivity contribution in [2.75, 3.05) is 32.8 Å². The van der Waals surface area contributed by atoms with Crippen LogP contribution in [-0.4, -0.2) is 93.3 Å². The third kappa shape index (κ3) is 3.60. The average Bonchev–Trinajstić information content (AvgIpc) is 2.52. The van der Waals surface area contributed by atoms with Crippen molar-refractivity contribution in [2.24, 2.45) is 11.8 Å². The van der Waals surface area contributed by atoms with Crippen molar-refractivity contribution < 1.29 is 25.2 Å². The zero-order chi connectivity index (χ0) is 17.3. The van der Waals surface area contributed by atoms with Crippen LogP contribution in [0.4, 0.5) is 0 Å². The van der Waals surface area contributed by atoms with Crippen LogP contribution in [0.1, 0.15) is 32.1 Å². The molecule has 4 N–H and O–H groups in total. The molecule has 1 saturated carbocycles. The van der Waals surface area contributed by atoms with Crippen molar-refractivity contribution in [3.63, 3.8) is 0 Å². The van der Waals surface area contributed by atoms with Crippen molar-refractivity contribution >= 4 is 5.91 Å². The molecule has 0 bridgehead atoms. The highest BCUT2D eigenvalue weighted by Gasteiger charge is 2.42. The number of piperidine rings is 2. The van der Waals surface area contributed by atoms with Crippen LogP contribution in [0.25, 0.3) is 0 Å². The van der Waals surface area contributed by atoms with E-state index in [2.05, 4.69) is 0 Å². The fourth-order valence-electron chi connectivity index (χ4n) is 4.17. The summed E-state index contributed by atoms with van der Waals surface area (Å²) < 4.78 is 0. The molecule has 3 rings (SSSR count). The van der Waals surface area contributed by atoms with E-state index in [4.69, 9.17) is 0 Å². The monoisotopic (exact) mass is 342 g/mol. The van der Waals surface area contributed by atoms with Gasteiger partial charge in [0.05, 0.1) is 18.8 Å². The number of carbonyl (C=O) groups excluding carboxylic acids is 1. The molecule has 4 atom stereocenters. The van der Waals surface area contributed by atoms with E-state index in [9.17, 15) is 25.2 Å². The van der Waals surface area contributed by atoms with Gasteiger partial charge in [0.25, 0.3) is 0 Å². The second-order valence-corrected chi connectivity index (χ2v) is 7.65. The van der Waals surface area contributed by atoms with Crippen LogP contribution in [0.2, 0.25) is 0 Å². The van der Waals surface area contributed by atoms with E-state index in [1.165, 1.54) is 6.42 Å². The molecule has 7 nitrogen and oxygen atoms in total. The van der Waals surface area contributed by atoms with E-state index in [1.807, 2.05) is 9.80 Å². The summed E-state index contributed by atoms with van der Waals surface area (Å²) in [6.45, 7) is 2.21. The number of nitrogens with zero attached hydrogens (tertiary/aromatic N) is 2. The Morgan fingerprint density at radius 2 is 1.67 bits per heavy atom. The van der Waals surface area contributed by atoms with E-state index in [1.54, 1.807) is 0 Å². The fourth-order valence-corrected chi connectivity index (χ4v) is 4.17. The summed E-state index contributed by atoms with van der Waals surface area (Å²) in [5.74, 6) is 0.924. The Labute approximate surface area is 142 Å². The predicted molar refractivity (Wildman–Crippen MR) is 87.1 cm³/mol. The molecule has 3 aliphatic rings. The lowest BCUT2D eigenvalue weighted by atomic mass is 9.83. The Hall–Kier alpha value is -0.730. The zero-order valence-corrected chi connectivity index (χ0v) is 14.1. The highest BCUT2D eigenvalue weighted by atomic mass is 16.4. The van der Waals surface area contributed by atoms with Crippen molar-refractivity contribution in [2.45, 2.75) is 56.5 Å². The van der Waals surface area contributed by atoms with Crippen molar-refractivity contribution in [1.29, 1.82) is 0 Å².